The van der Waals surface area contributed by atoms with Crippen molar-refractivity contribution in [2.75, 3.05) is 35.4 Å². The molecule has 2 aromatic rings. The van der Waals surface area contributed by atoms with Crippen molar-refractivity contribution in [1.82, 2.24) is 9.97 Å². The number of ether oxygens (including phenoxy) is 2. The number of hydrogen-bond donors (Lipinski definition) is 2. The van der Waals surface area contributed by atoms with E-state index in [4.69, 9.17) is 9.47 Å². The summed E-state index contributed by atoms with van der Waals surface area (Å²) in [5, 5.41) is 6.36. The van der Waals surface area contributed by atoms with E-state index in [1.165, 1.54) is 0 Å². The van der Waals surface area contributed by atoms with Crippen LogP contribution in [0.3, 0.4) is 0 Å². The molecule has 1 atom stereocenters. The normalized spacial score (nSPS) is 20.6. The maximum Gasteiger partial charge on any atom is 0.229 e. The monoisotopic (exact) mass is 376 g/mol. The molecule has 9 heteroatoms. The van der Waals surface area contributed by atoms with Crippen LogP contribution >= 0.6 is 0 Å². The maximum absolute atomic E-state index is 11.6. The molecule has 8 nitrogen and oxygen atoms in total. The molecule has 2 aliphatic rings. The number of hydrogen-bond acceptors (Lipinski definition) is 8. The molecule has 1 fully saturated rings. The number of sulfone groups is 1. The van der Waals surface area contributed by atoms with Gasteiger partial charge < -0.3 is 20.1 Å². The lowest BCUT2D eigenvalue weighted by molar-refractivity contribution is 0.171. The highest BCUT2D eigenvalue weighted by atomic mass is 32.2. The first-order valence-electron chi connectivity index (χ1n) is 8.46. The van der Waals surface area contributed by atoms with E-state index in [1.54, 1.807) is 6.07 Å². The smallest absolute Gasteiger partial charge is 0.229 e. The second-order valence-electron chi connectivity index (χ2n) is 6.45. The number of nitrogens with one attached hydrogen (secondary N) is 2. The molecule has 4 rings (SSSR count). The van der Waals surface area contributed by atoms with Gasteiger partial charge in [0.05, 0.1) is 11.5 Å². The molecule has 1 unspecified atom stereocenters. The highest BCUT2D eigenvalue weighted by Gasteiger charge is 2.28. The third-order valence-electron chi connectivity index (χ3n) is 4.24. The minimum absolute atomic E-state index is 0.114. The van der Waals surface area contributed by atoms with E-state index in [9.17, 15) is 8.42 Å². The molecule has 0 radical (unpaired) electrons. The van der Waals surface area contributed by atoms with Crippen molar-refractivity contribution in [2.45, 2.75) is 19.4 Å². The lowest BCUT2D eigenvalue weighted by Crippen LogP contribution is -2.21. The van der Waals surface area contributed by atoms with Crippen LogP contribution < -0.4 is 20.1 Å². The number of benzene rings is 1. The Morgan fingerprint density at radius 1 is 1.12 bits per heavy atom. The summed E-state index contributed by atoms with van der Waals surface area (Å²) < 4.78 is 34.3. The van der Waals surface area contributed by atoms with Crippen molar-refractivity contribution in [2.24, 2.45) is 0 Å². The SMILES string of the molecule is Cc1cc(NC2CCS(=O)(=O)C2)nc(Nc2ccc3c(c2)OCCO3)n1. The summed E-state index contributed by atoms with van der Waals surface area (Å²) in [6.45, 7) is 2.94. The fourth-order valence-electron chi connectivity index (χ4n) is 3.07. The van der Waals surface area contributed by atoms with Crippen LogP contribution in [0.2, 0.25) is 0 Å². The van der Waals surface area contributed by atoms with Gasteiger partial charge >= 0.3 is 0 Å². The van der Waals surface area contributed by atoms with Gasteiger partial charge in [0.15, 0.2) is 21.3 Å². The highest BCUT2D eigenvalue weighted by molar-refractivity contribution is 7.91. The van der Waals surface area contributed by atoms with Gasteiger partial charge in [0, 0.05) is 29.6 Å². The Morgan fingerprint density at radius 3 is 2.69 bits per heavy atom. The minimum Gasteiger partial charge on any atom is -0.486 e. The molecule has 0 spiro atoms. The lowest BCUT2D eigenvalue weighted by atomic mass is 10.2. The third-order valence-corrected chi connectivity index (χ3v) is 6.00. The Morgan fingerprint density at radius 2 is 1.92 bits per heavy atom. The summed E-state index contributed by atoms with van der Waals surface area (Å²) in [6.07, 6.45) is 0.594. The Bertz CT molecular complexity index is 932. The van der Waals surface area contributed by atoms with Crippen molar-refractivity contribution in [3.63, 3.8) is 0 Å². The maximum atomic E-state index is 11.6. The summed E-state index contributed by atoms with van der Waals surface area (Å²) in [5.41, 5.74) is 1.57. The first kappa shape index (κ1) is 16.9. The van der Waals surface area contributed by atoms with Crippen molar-refractivity contribution in [1.29, 1.82) is 0 Å². The standard InChI is InChI=1S/C17H20N4O4S/c1-11-8-16(19-13-4-7-26(22,23)10-13)21-17(18-11)20-12-2-3-14-15(9-12)25-6-5-24-14/h2-3,8-9,13H,4-7,10H2,1H3,(H2,18,19,20,21). The topological polar surface area (TPSA) is 102 Å². The van der Waals surface area contributed by atoms with Crippen molar-refractivity contribution < 1.29 is 17.9 Å². The third kappa shape index (κ3) is 3.82. The van der Waals surface area contributed by atoms with Crippen LogP contribution in [0.15, 0.2) is 24.3 Å². The number of anilines is 3. The van der Waals surface area contributed by atoms with Crippen molar-refractivity contribution >= 4 is 27.3 Å². The van der Waals surface area contributed by atoms with Gasteiger partial charge in [-0.15, -0.1) is 0 Å². The molecule has 0 bridgehead atoms. The number of nitrogens with zero attached hydrogens (tertiary/aromatic N) is 2. The molecule has 3 heterocycles. The van der Waals surface area contributed by atoms with E-state index in [2.05, 4.69) is 20.6 Å². The second-order valence-corrected chi connectivity index (χ2v) is 8.67. The van der Waals surface area contributed by atoms with Gasteiger partial charge in [-0.05, 0) is 25.5 Å². The van der Waals surface area contributed by atoms with E-state index in [-0.39, 0.29) is 17.5 Å². The van der Waals surface area contributed by atoms with Crippen LogP contribution in [0.5, 0.6) is 11.5 Å². The highest BCUT2D eigenvalue weighted by Crippen LogP contribution is 2.33. The van der Waals surface area contributed by atoms with Gasteiger partial charge in [-0.25, -0.2) is 13.4 Å². The average Bonchev–Trinajstić information content (AvgIpc) is 2.92. The largest absolute Gasteiger partial charge is 0.486 e. The Hall–Kier alpha value is -2.55. The minimum atomic E-state index is -2.94. The molecule has 0 aliphatic carbocycles. The summed E-state index contributed by atoms with van der Waals surface area (Å²) in [4.78, 5) is 8.84. The van der Waals surface area contributed by atoms with Crippen LogP contribution in [-0.2, 0) is 9.84 Å². The van der Waals surface area contributed by atoms with Gasteiger partial charge in [-0.3, -0.25) is 0 Å². The number of aromatic nitrogens is 2. The Balaban J connectivity index is 1.51. The van der Waals surface area contributed by atoms with Gasteiger partial charge in [0.1, 0.15) is 19.0 Å². The van der Waals surface area contributed by atoms with E-state index in [1.807, 2.05) is 25.1 Å². The van der Waals surface area contributed by atoms with Crippen LogP contribution in [-0.4, -0.2) is 49.1 Å². The van der Waals surface area contributed by atoms with Crippen LogP contribution in [0.1, 0.15) is 12.1 Å². The molecular weight excluding hydrogens is 356 g/mol. The predicted octanol–water partition coefficient (Wildman–Crippen LogP) is 1.90. The molecule has 2 N–H and O–H groups in total. The van der Waals surface area contributed by atoms with Gasteiger partial charge in [0.25, 0.3) is 0 Å². The lowest BCUT2D eigenvalue weighted by Gasteiger charge is -2.19. The zero-order valence-electron chi connectivity index (χ0n) is 14.4. The van der Waals surface area contributed by atoms with E-state index in [0.717, 1.165) is 17.1 Å². The Labute approximate surface area is 151 Å². The van der Waals surface area contributed by atoms with Gasteiger partial charge in [-0.2, -0.15) is 4.98 Å². The summed E-state index contributed by atoms with van der Waals surface area (Å²) in [6, 6.07) is 7.25. The second kappa shape index (κ2) is 6.64. The predicted molar refractivity (Wildman–Crippen MR) is 98.2 cm³/mol. The summed E-state index contributed by atoms with van der Waals surface area (Å²) in [7, 11) is -2.94. The van der Waals surface area contributed by atoms with Crippen LogP contribution in [0.25, 0.3) is 0 Å². The molecule has 0 amide bonds. The van der Waals surface area contributed by atoms with E-state index in [0.29, 0.717) is 37.2 Å². The molecule has 1 aromatic carbocycles. The number of fused-ring (bicyclic) bond motifs is 1. The van der Waals surface area contributed by atoms with Crippen LogP contribution in [0, 0.1) is 6.92 Å². The molecule has 0 saturated carbocycles. The molecule has 2 aliphatic heterocycles. The van der Waals surface area contributed by atoms with Crippen molar-refractivity contribution in [3.05, 3.63) is 30.0 Å². The fraction of sp³-hybridized carbons (Fsp3) is 0.412. The number of rotatable bonds is 4. The van der Waals surface area contributed by atoms with Crippen molar-refractivity contribution in [3.8, 4) is 11.5 Å². The molecule has 1 aromatic heterocycles. The molecule has 1 saturated heterocycles. The first-order valence-corrected chi connectivity index (χ1v) is 10.3. The zero-order valence-corrected chi connectivity index (χ0v) is 15.2. The van der Waals surface area contributed by atoms with Crippen LogP contribution in [0.4, 0.5) is 17.5 Å². The Kier molecular flexibility index (Phi) is 4.31. The fourth-order valence-corrected chi connectivity index (χ4v) is 4.74. The quantitative estimate of drug-likeness (QED) is 0.834. The van der Waals surface area contributed by atoms with E-state index < -0.39 is 9.84 Å². The summed E-state index contributed by atoms with van der Waals surface area (Å²) >= 11 is 0. The first-order chi connectivity index (χ1) is 12.5. The van der Waals surface area contributed by atoms with Gasteiger partial charge in [0.2, 0.25) is 5.95 Å². The number of aryl methyl sites for hydroxylation is 1. The molecule has 26 heavy (non-hydrogen) atoms. The molecular formula is C17H20N4O4S. The zero-order chi connectivity index (χ0) is 18.1. The van der Waals surface area contributed by atoms with Gasteiger partial charge in [-0.1, -0.05) is 0 Å². The summed E-state index contributed by atoms with van der Waals surface area (Å²) in [5.74, 6) is 2.81. The molecule has 138 valence electrons. The average molecular weight is 376 g/mol. The van der Waals surface area contributed by atoms with E-state index >= 15 is 0 Å².